The first-order chi connectivity index (χ1) is 10.0. The van der Waals surface area contributed by atoms with E-state index in [0.29, 0.717) is 0 Å². The molecule has 2 rings (SSSR count). The predicted octanol–water partition coefficient (Wildman–Crippen LogP) is 3.76. The van der Waals surface area contributed by atoms with Crippen molar-refractivity contribution < 1.29 is 4.74 Å². The summed E-state index contributed by atoms with van der Waals surface area (Å²) in [6, 6.07) is 10.5. The van der Waals surface area contributed by atoms with Crippen molar-refractivity contribution in [3.8, 4) is 6.07 Å². The second-order valence-corrected chi connectivity index (χ2v) is 5.33. The van der Waals surface area contributed by atoms with Gasteiger partial charge in [-0.3, -0.25) is 0 Å². The summed E-state index contributed by atoms with van der Waals surface area (Å²) in [6.07, 6.45) is 5.57. The molecule has 1 aromatic rings. The first kappa shape index (κ1) is 14.9. The van der Waals surface area contributed by atoms with Crippen LogP contribution in [0.5, 0.6) is 0 Å². The lowest BCUT2D eigenvalue weighted by Crippen LogP contribution is -2.20. The lowest BCUT2D eigenvalue weighted by atomic mass is 9.94. The van der Waals surface area contributed by atoms with Crippen molar-refractivity contribution in [3.63, 3.8) is 0 Å². The Labute approximate surface area is 126 Å². The molecule has 1 aliphatic rings. The van der Waals surface area contributed by atoms with Crippen molar-refractivity contribution in [1.29, 1.82) is 5.26 Å². The summed E-state index contributed by atoms with van der Waals surface area (Å²) >= 11 is 0. The van der Waals surface area contributed by atoms with Gasteiger partial charge < -0.3 is 9.64 Å². The Bertz CT molecular complexity index is 618. The molecular formula is C18H20N2O. The minimum absolute atomic E-state index is 0.129. The van der Waals surface area contributed by atoms with Gasteiger partial charge in [0.1, 0.15) is 11.9 Å². The maximum atomic E-state index is 9.13. The Hall–Kier alpha value is -2.47. The average molecular weight is 280 g/mol. The van der Waals surface area contributed by atoms with Crippen molar-refractivity contribution >= 4 is 11.8 Å². The number of nitriles is 1. The molecule has 0 aliphatic carbocycles. The quantitative estimate of drug-likeness (QED) is 0.791. The smallest absolute Gasteiger partial charge is 0.118 e. The number of hydrogen-bond acceptors (Lipinski definition) is 3. The van der Waals surface area contributed by atoms with Crippen LogP contribution in [0.2, 0.25) is 0 Å². The molecule has 3 nitrogen and oxygen atoms in total. The largest absolute Gasteiger partial charge is 0.487 e. The van der Waals surface area contributed by atoms with Crippen molar-refractivity contribution in [2.24, 2.45) is 5.92 Å². The molecule has 0 saturated heterocycles. The minimum atomic E-state index is -0.274. The molecular weight excluding hydrogens is 260 g/mol. The van der Waals surface area contributed by atoms with Crippen molar-refractivity contribution in [2.45, 2.75) is 13.0 Å². The van der Waals surface area contributed by atoms with Crippen LogP contribution in [0.4, 0.5) is 5.69 Å². The Kier molecular flexibility index (Phi) is 4.49. The van der Waals surface area contributed by atoms with Gasteiger partial charge in [0.2, 0.25) is 0 Å². The van der Waals surface area contributed by atoms with Crippen LogP contribution < -0.4 is 4.90 Å². The maximum absolute atomic E-state index is 9.13. The van der Waals surface area contributed by atoms with E-state index in [9.17, 15) is 0 Å². The molecule has 1 aromatic carbocycles. The molecule has 0 amide bonds. The number of rotatable bonds is 3. The van der Waals surface area contributed by atoms with Gasteiger partial charge in [-0.25, -0.2) is 0 Å². The molecule has 0 radical (unpaired) electrons. The second-order valence-electron chi connectivity index (χ2n) is 5.33. The van der Waals surface area contributed by atoms with Gasteiger partial charge in [0.15, 0.2) is 0 Å². The number of ether oxygens (including phenoxy) is 1. The Morgan fingerprint density at radius 2 is 1.90 bits per heavy atom. The topological polar surface area (TPSA) is 36.3 Å². The van der Waals surface area contributed by atoms with Gasteiger partial charge in [-0.15, -0.1) is 0 Å². The van der Waals surface area contributed by atoms with Gasteiger partial charge in [0.25, 0.3) is 0 Å². The SMILES string of the molecule is C=C1C(C#N)C=C(C=Cc2ccc(N(C)C)cc2)OC1C. The second kappa shape index (κ2) is 6.32. The summed E-state index contributed by atoms with van der Waals surface area (Å²) in [4.78, 5) is 2.06. The molecule has 0 bridgehead atoms. The van der Waals surface area contributed by atoms with Gasteiger partial charge in [-0.1, -0.05) is 24.8 Å². The number of nitrogens with zero attached hydrogens (tertiary/aromatic N) is 2. The molecule has 0 N–H and O–H groups in total. The fraction of sp³-hybridized carbons (Fsp3) is 0.278. The molecule has 1 aliphatic heterocycles. The first-order valence-corrected chi connectivity index (χ1v) is 6.93. The fourth-order valence-electron chi connectivity index (χ4n) is 2.12. The molecule has 108 valence electrons. The van der Waals surface area contributed by atoms with E-state index in [-0.39, 0.29) is 12.0 Å². The molecule has 1 heterocycles. The van der Waals surface area contributed by atoms with E-state index in [4.69, 9.17) is 10.00 Å². The molecule has 21 heavy (non-hydrogen) atoms. The highest BCUT2D eigenvalue weighted by Crippen LogP contribution is 2.27. The number of anilines is 1. The van der Waals surface area contributed by atoms with Crippen LogP contribution in [0.15, 0.2) is 54.3 Å². The summed E-state index contributed by atoms with van der Waals surface area (Å²) in [5, 5.41) is 9.13. The highest BCUT2D eigenvalue weighted by molar-refractivity contribution is 5.57. The average Bonchev–Trinajstić information content (AvgIpc) is 2.48. The molecule has 0 spiro atoms. The number of hydrogen-bond donors (Lipinski definition) is 0. The monoisotopic (exact) mass is 280 g/mol. The van der Waals surface area contributed by atoms with Crippen LogP contribution in [0.1, 0.15) is 12.5 Å². The molecule has 3 heteroatoms. The van der Waals surface area contributed by atoms with Gasteiger partial charge in [-0.05, 0) is 42.3 Å². The maximum Gasteiger partial charge on any atom is 0.118 e. The zero-order chi connectivity index (χ0) is 15.4. The summed E-state index contributed by atoms with van der Waals surface area (Å²) in [6.45, 7) is 5.82. The molecule has 0 fully saturated rings. The van der Waals surface area contributed by atoms with Crippen LogP contribution >= 0.6 is 0 Å². The van der Waals surface area contributed by atoms with Crippen LogP contribution in [0, 0.1) is 17.2 Å². The number of allylic oxidation sites excluding steroid dienone is 2. The van der Waals surface area contributed by atoms with Crippen molar-refractivity contribution in [1.82, 2.24) is 0 Å². The Balaban J connectivity index is 2.14. The van der Waals surface area contributed by atoms with E-state index in [1.807, 2.05) is 39.2 Å². The van der Waals surface area contributed by atoms with Crippen LogP contribution in [-0.2, 0) is 4.74 Å². The van der Waals surface area contributed by atoms with Crippen molar-refractivity contribution in [3.05, 3.63) is 59.9 Å². The third kappa shape index (κ3) is 3.55. The van der Waals surface area contributed by atoms with E-state index in [1.165, 1.54) is 0 Å². The van der Waals surface area contributed by atoms with Gasteiger partial charge >= 0.3 is 0 Å². The third-order valence-corrected chi connectivity index (χ3v) is 3.55. The normalized spacial score (nSPS) is 21.6. The van der Waals surface area contributed by atoms with E-state index in [0.717, 1.165) is 22.6 Å². The summed E-state index contributed by atoms with van der Waals surface area (Å²) in [7, 11) is 4.03. The minimum Gasteiger partial charge on any atom is -0.487 e. The predicted molar refractivity (Wildman–Crippen MR) is 86.7 cm³/mol. The van der Waals surface area contributed by atoms with Gasteiger partial charge in [0, 0.05) is 19.8 Å². The van der Waals surface area contributed by atoms with Gasteiger partial charge in [-0.2, -0.15) is 5.26 Å². The zero-order valence-electron chi connectivity index (χ0n) is 12.7. The van der Waals surface area contributed by atoms with E-state index in [1.54, 1.807) is 0 Å². The van der Waals surface area contributed by atoms with Gasteiger partial charge in [0.05, 0.1) is 12.0 Å². The summed E-state index contributed by atoms with van der Waals surface area (Å²) in [5.41, 5.74) is 3.07. The fourth-order valence-corrected chi connectivity index (χ4v) is 2.12. The van der Waals surface area contributed by atoms with E-state index < -0.39 is 0 Å². The zero-order valence-corrected chi connectivity index (χ0v) is 12.7. The van der Waals surface area contributed by atoms with Crippen LogP contribution in [-0.4, -0.2) is 20.2 Å². The first-order valence-electron chi connectivity index (χ1n) is 6.93. The van der Waals surface area contributed by atoms with E-state index in [2.05, 4.69) is 41.8 Å². The highest BCUT2D eigenvalue weighted by Gasteiger charge is 2.22. The lowest BCUT2D eigenvalue weighted by molar-refractivity contribution is 0.154. The Morgan fingerprint density at radius 1 is 1.24 bits per heavy atom. The highest BCUT2D eigenvalue weighted by atomic mass is 16.5. The summed E-state index contributed by atoms with van der Waals surface area (Å²) in [5.74, 6) is 0.447. The molecule has 0 aromatic heterocycles. The lowest BCUT2D eigenvalue weighted by Gasteiger charge is -2.25. The summed E-state index contributed by atoms with van der Waals surface area (Å²) < 4.78 is 5.73. The van der Waals surface area contributed by atoms with Crippen LogP contribution in [0.25, 0.3) is 6.08 Å². The third-order valence-electron chi connectivity index (χ3n) is 3.55. The van der Waals surface area contributed by atoms with Crippen molar-refractivity contribution in [2.75, 3.05) is 19.0 Å². The standard InChI is InChI=1S/C18H20N2O/c1-13-14(2)21-18(11-16(13)12-19)10-7-15-5-8-17(9-6-15)20(3)4/h5-11,14,16H,1H2,2-4H3. The molecule has 0 saturated carbocycles. The molecule has 2 unspecified atom stereocenters. The molecule has 2 atom stereocenters. The van der Waals surface area contributed by atoms with Crippen LogP contribution in [0.3, 0.4) is 0 Å². The Morgan fingerprint density at radius 3 is 2.48 bits per heavy atom. The number of benzene rings is 1. The van der Waals surface area contributed by atoms with E-state index >= 15 is 0 Å².